The van der Waals surface area contributed by atoms with Gasteiger partial charge in [0.2, 0.25) is 0 Å². The first-order chi connectivity index (χ1) is 5.06. The summed E-state index contributed by atoms with van der Waals surface area (Å²) >= 11 is -1.42. The van der Waals surface area contributed by atoms with E-state index < -0.39 is 18.4 Å². The summed E-state index contributed by atoms with van der Waals surface area (Å²) in [4.78, 5) is 7.51. The van der Waals surface area contributed by atoms with E-state index in [9.17, 15) is 0 Å². The van der Waals surface area contributed by atoms with E-state index in [0.29, 0.717) is 0 Å². The van der Waals surface area contributed by atoms with E-state index in [4.69, 9.17) is 0 Å². The van der Waals surface area contributed by atoms with Gasteiger partial charge in [0.1, 0.15) is 0 Å². The standard InChI is InChI=1S/C7H13.3CH3.Sn/c1-3-5-7-6-4-2;;;;/h5,7H,1,3-4,6H2,2H3;3*1H3;. The number of hydrogen-bond acceptors (Lipinski definition) is 0. The van der Waals surface area contributed by atoms with E-state index in [1.807, 2.05) is 0 Å². The third-order valence-corrected chi connectivity index (χ3v) is 6.79. The van der Waals surface area contributed by atoms with Gasteiger partial charge in [-0.15, -0.1) is 0 Å². The second-order valence-electron chi connectivity index (χ2n) is 4.36. The normalized spacial score (nSPS) is 12.7. The minimum absolute atomic E-state index is 1.26. The minimum atomic E-state index is -1.42. The van der Waals surface area contributed by atoms with E-state index >= 15 is 0 Å². The average Bonchev–Trinajstić information content (AvgIpc) is 1.85. The monoisotopic (exact) mass is 262 g/mol. The van der Waals surface area contributed by atoms with Crippen LogP contribution in [-0.2, 0) is 0 Å². The summed E-state index contributed by atoms with van der Waals surface area (Å²) in [5.41, 5.74) is 0. The molecule has 0 aliphatic rings. The average molecular weight is 261 g/mol. The number of rotatable bonds is 5. The van der Waals surface area contributed by atoms with Crippen LogP contribution in [0.3, 0.4) is 0 Å². The predicted molar refractivity (Wildman–Crippen MR) is 56.8 cm³/mol. The number of hydrogen-bond donors (Lipinski definition) is 0. The first-order valence-corrected chi connectivity index (χ1v) is 15.3. The molecule has 0 aromatic rings. The molecule has 0 amide bonds. The molecule has 0 N–H and O–H groups in total. The molecule has 0 aliphatic carbocycles. The maximum absolute atomic E-state index is 2.50. The summed E-state index contributed by atoms with van der Waals surface area (Å²) in [6.07, 6.45) is 8.58. The quantitative estimate of drug-likeness (QED) is 0.516. The molecule has 0 spiro atoms. The van der Waals surface area contributed by atoms with Gasteiger partial charge in [-0.2, -0.15) is 0 Å². The zero-order valence-corrected chi connectivity index (χ0v) is 11.3. The fourth-order valence-corrected chi connectivity index (χ4v) is 3.87. The third kappa shape index (κ3) is 10.5. The Kier molecular flexibility index (Phi) is 6.40. The molecule has 0 atom stereocenters. The van der Waals surface area contributed by atoms with Crippen LogP contribution in [0.2, 0.25) is 19.3 Å². The van der Waals surface area contributed by atoms with Gasteiger partial charge in [0.15, 0.2) is 0 Å². The van der Waals surface area contributed by atoms with Crippen molar-refractivity contribution in [2.75, 3.05) is 0 Å². The van der Waals surface area contributed by atoms with Gasteiger partial charge in [0, 0.05) is 0 Å². The van der Waals surface area contributed by atoms with Crippen LogP contribution >= 0.6 is 0 Å². The summed E-state index contributed by atoms with van der Waals surface area (Å²) in [7, 11) is 0. The molecular weight excluding hydrogens is 239 g/mol. The van der Waals surface area contributed by atoms with Crippen LogP contribution in [0.5, 0.6) is 0 Å². The molecule has 0 aliphatic heterocycles. The van der Waals surface area contributed by atoms with E-state index in [1.54, 1.807) is 0 Å². The molecule has 0 unspecified atom stereocenters. The summed E-state index contributed by atoms with van der Waals surface area (Å²) in [6.45, 7) is 2.23. The molecular formula is C10H22Sn. The zero-order valence-electron chi connectivity index (χ0n) is 8.48. The van der Waals surface area contributed by atoms with Crippen molar-refractivity contribution in [2.45, 2.75) is 45.4 Å². The summed E-state index contributed by atoms with van der Waals surface area (Å²) in [5, 5.41) is 0. The molecule has 0 aromatic heterocycles. The van der Waals surface area contributed by atoms with Crippen molar-refractivity contribution in [1.82, 2.24) is 0 Å². The molecule has 0 heterocycles. The van der Waals surface area contributed by atoms with Gasteiger partial charge < -0.3 is 0 Å². The van der Waals surface area contributed by atoms with E-state index in [1.165, 1.54) is 23.7 Å². The fourth-order valence-electron chi connectivity index (χ4n) is 0.919. The van der Waals surface area contributed by atoms with Crippen LogP contribution < -0.4 is 0 Å². The van der Waals surface area contributed by atoms with Crippen LogP contribution in [0.15, 0.2) is 12.2 Å². The van der Waals surface area contributed by atoms with Crippen molar-refractivity contribution in [2.24, 2.45) is 0 Å². The molecule has 0 radical (unpaired) electrons. The zero-order chi connectivity index (χ0) is 8.74. The Morgan fingerprint density at radius 2 is 1.55 bits per heavy atom. The molecule has 66 valence electrons. The predicted octanol–water partition coefficient (Wildman–Crippen LogP) is 4.07. The van der Waals surface area contributed by atoms with E-state index in [-0.39, 0.29) is 0 Å². The van der Waals surface area contributed by atoms with Crippen LogP contribution in [-0.4, -0.2) is 18.4 Å². The Morgan fingerprint density at radius 1 is 1.00 bits per heavy atom. The topological polar surface area (TPSA) is 0 Å². The van der Waals surface area contributed by atoms with Crippen LogP contribution in [0.25, 0.3) is 0 Å². The van der Waals surface area contributed by atoms with Gasteiger partial charge in [-0.25, -0.2) is 0 Å². The van der Waals surface area contributed by atoms with Crippen molar-refractivity contribution in [1.29, 1.82) is 0 Å². The van der Waals surface area contributed by atoms with Crippen molar-refractivity contribution in [3.63, 3.8) is 0 Å². The summed E-state index contributed by atoms with van der Waals surface area (Å²) in [6, 6.07) is 0. The second-order valence-corrected chi connectivity index (χ2v) is 20.4. The molecule has 0 aromatic carbocycles. The first kappa shape index (κ1) is 11.5. The molecule has 0 bridgehead atoms. The molecule has 1 heteroatoms. The fraction of sp³-hybridized carbons (Fsp3) is 0.800. The van der Waals surface area contributed by atoms with Gasteiger partial charge >= 0.3 is 76.0 Å². The van der Waals surface area contributed by atoms with Crippen molar-refractivity contribution < 1.29 is 0 Å². The Bertz CT molecular complexity index is 109. The van der Waals surface area contributed by atoms with E-state index in [0.717, 1.165) is 0 Å². The summed E-state index contributed by atoms with van der Waals surface area (Å²) < 4.78 is 1.51. The van der Waals surface area contributed by atoms with Gasteiger partial charge in [-0.1, -0.05) is 0 Å². The Labute approximate surface area is 76.0 Å². The second kappa shape index (κ2) is 6.10. The number of unbranched alkanes of at least 4 members (excludes halogenated alkanes) is 1. The molecule has 11 heavy (non-hydrogen) atoms. The number of allylic oxidation sites excluding steroid dienone is 2. The first-order valence-electron chi connectivity index (χ1n) is 4.71. The molecule has 0 fully saturated rings. The van der Waals surface area contributed by atoms with Crippen molar-refractivity contribution in [3.8, 4) is 0 Å². The van der Waals surface area contributed by atoms with Gasteiger partial charge in [-0.3, -0.25) is 0 Å². The maximum atomic E-state index is 2.50. The van der Waals surface area contributed by atoms with Gasteiger partial charge in [-0.05, 0) is 0 Å². The van der Waals surface area contributed by atoms with Crippen LogP contribution in [0.4, 0.5) is 0 Å². The third-order valence-electron chi connectivity index (χ3n) is 1.68. The van der Waals surface area contributed by atoms with Gasteiger partial charge in [0.05, 0.1) is 0 Å². The summed E-state index contributed by atoms with van der Waals surface area (Å²) in [5.74, 6) is 0. The van der Waals surface area contributed by atoms with Crippen molar-refractivity contribution in [3.05, 3.63) is 12.2 Å². The molecule has 0 saturated carbocycles. The molecule has 0 nitrogen and oxygen atoms in total. The van der Waals surface area contributed by atoms with Crippen LogP contribution in [0.1, 0.15) is 26.2 Å². The van der Waals surface area contributed by atoms with E-state index in [2.05, 4.69) is 33.9 Å². The Morgan fingerprint density at radius 3 is 2.00 bits per heavy atom. The van der Waals surface area contributed by atoms with Crippen molar-refractivity contribution >= 4 is 18.4 Å². The van der Waals surface area contributed by atoms with Gasteiger partial charge in [0.25, 0.3) is 0 Å². The molecule has 0 saturated heterocycles. The Hall–Kier alpha value is 0.539. The van der Waals surface area contributed by atoms with Crippen LogP contribution in [0, 0.1) is 0 Å². The SMILES string of the molecule is CCCC=CC[CH2][Sn]([CH3])([CH3])[CH3]. The molecule has 0 rings (SSSR count). The Balaban J connectivity index is 3.27.